The summed E-state index contributed by atoms with van der Waals surface area (Å²) < 4.78 is 43.7. The average molecular weight is 297 g/mol. The first-order valence-corrected chi connectivity index (χ1v) is 6.10. The summed E-state index contributed by atoms with van der Waals surface area (Å²) in [5.41, 5.74) is 6.63. The van der Waals surface area contributed by atoms with E-state index in [2.05, 4.69) is 9.97 Å². The Morgan fingerprint density at radius 3 is 2.38 bits per heavy atom. The number of hydrogen-bond acceptors (Lipinski definition) is 4. The molecule has 0 bridgehead atoms. The molecule has 0 amide bonds. The predicted octanol–water partition coefficient (Wildman–Crippen LogP) is 3.37. The molecule has 4 nitrogen and oxygen atoms in total. The third-order valence-electron chi connectivity index (χ3n) is 3.19. The van der Waals surface area contributed by atoms with Gasteiger partial charge >= 0.3 is 6.18 Å². The van der Waals surface area contributed by atoms with Crippen LogP contribution in [-0.4, -0.2) is 17.1 Å². The molecule has 1 aromatic carbocycles. The Bertz CT molecular complexity index is 684. The fourth-order valence-corrected chi connectivity index (χ4v) is 2.00. The number of aryl methyl sites for hydroxylation is 1. The molecule has 0 fully saturated rings. The molecular formula is C14H14F3N3O. The van der Waals surface area contributed by atoms with Crippen molar-refractivity contribution in [1.29, 1.82) is 0 Å². The first-order chi connectivity index (χ1) is 9.74. The second-order valence-electron chi connectivity index (χ2n) is 4.58. The van der Waals surface area contributed by atoms with Crippen molar-refractivity contribution < 1.29 is 17.9 Å². The van der Waals surface area contributed by atoms with E-state index in [1.54, 1.807) is 12.1 Å². The summed E-state index contributed by atoms with van der Waals surface area (Å²) in [4.78, 5) is 7.11. The van der Waals surface area contributed by atoms with Gasteiger partial charge in [0.1, 0.15) is 5.75 Å². The number of rotatable bonds is 2. The van der Waals surface area contributed by atoms with E-state index in [1.807, 2.05) is 13.8 Å². The number of methoxy groups -OCH3 is 1. The zero-order valence-electron chi connectivity index (χ0n) is 11.7. The topological polar surface area (TPSA) is 61.0 Å². The molecule has 7 heteroatoms. The van der Waals surface area contributed by atoms with Crippen LogP contribution in [0.5, 0.6) is 5.75 Å². The van der Waals surface area contributed by atoms with Crippen LogP contribution in [0, 0.1) is 13.8 Å². The highest BCUT2D eigenvalue weighted by Crippen LogP contribution is 2.36. The summed E-state index contributed by atoms with van der Waals surface area (Å²) in [6.45, 7) is 3.71. The molecule has 2 rings (SSSR count). The van der Waals surface area contributed by atoms with E-state index < -0.39 is 17.8 Å². The smallest absolute Gasteiger partial charge is 0.433 e. The van der Waals surface area contributed by atoms with E-state index in [0.29, 0.717) is 11.3 Å². The van der Waals surface area contributed by atoms with Crippen LogP contribution in [0.15, 0.2) is 18.2 Å². The molecule has 21 heavy (non-hydrogen) atoms. The SMILES string of the molecule is COc1c(-c2cc(C(F)(F)F)nc(N)n2)ccc(C)c1C. The van der Waals surface area contributed by atoms with Crippen LogP contribution in [0.25, 0.3) is 11.3 Å². The lowest BCUT2D eigenvalue weighted by Gasteiger charge is -2.14. The van der Waals surface area contributed by atoms with Gasteiger partial charge in [0.2, 0.25) is 5.95 Å². The van der Waals surface area contributed by atoms with Crippen LogP contribution in [0.2, 0.25) is 0 Å². The summed E-state index contributed by atoms with van der Waals surface area (Å²) in [7, 11) is 1.46. The lowest BCUT2D eigenvalue weighted by molar-refractivity contribution is -0.141. The van der Waals surface area contributed by atoms with Crippen molar-refractivity contribution in [2.24, 2.45) is 0 Å². The number of nitrogens with two attached hydrogens (primary N) is 1. The first-order valence-electron chi connectivity index (χ1n) is 6.10. The van der Waals surface area contributed by atoms with Gasteiger partial charge in [0.25, 0.3) is 0 Å². The molecule has 0 spiro atoms. The maximum atomic E-state index is 12.8. The van der Waals surface area contributed by atoms with E-state index in [4.69, 9.17) is 10.5 Å². The highest BCUT2D eigenvalue weighted by molar-refractivity contribution is 5.71. The second-order valence-corrected chi connectivity index (χ2v) is 4.58. The monoisotopic (exact) mass is 297 g/mol. The molecule has 0 aliphatic heterocycles. The number of alkyl halides is 3. The van der Waals surface area contributed by atoms with Crippen molar-refractivity contribution in [3.05, 3.63) is 35.0 Å². The molecular weight excluding hydrogens is 283 g/mol. The van der Waals surface area contributed by atoms with Crippen molar-refractivity contribution in [1.82, 2.24) is 9.97 Å². The summed E-state index contributed by atoms with van der Waals surface area (Å²) >= 11 is 0. The first kappa shape index (κ1) is 15.1. The zero-order chi connectivity index (χ0) is 15.8. The minimum Gasteiger partial charge on any atom is -0.496 e. The van der Waals surface area contributed by atoms with Gasteiger partial charge in [-0.05, 0) is 37.1 Å². The molecule has 0 atom stereocenters. The van der Waals surface area contributed by atoms with Crippen LogP contribution in [0.4, 0.5) is 19.1 Å². The molecule has 112 valence electrons. The van der Waals surface area contributed by atoms with E-state index in [0.717, 1.165) is 17.2 Å². The Morgan fingerprint density at radius 2 is 1.81 bits per heavy atom. The zero-order valence-corrected chi connectivity index (χ0v) is 11.7. The molecule has 2 N–H and O–H groups in total. The number of ether oxygens (including phenoxy) is 1. The van der Waals surface area contributed by atoms with E-state index in [9.17, 15) is 13.2 Å². The van der Waals surface area contributed by atoms with Gasteiger partial charge in [-0.1, -0.05) is 6.07 Å². The van der Waals surface area contributed by atoms with Crippen molar-refractivity contribution >= 4 is 5.95 Å². The van der Waals surface area contributed by atoms with Crippen molar-refractivity contribution in [3.63, 3.8) is 0 Å². The van der Waals surface area contributed by atoms with E-state index in [1.165, 1.54) is 7.11 Å². The van der Waals surface area contributed by atoms with Gasteiger partial charge in [-0.2, -0.15) is 13.2 Å². The summed E-state index contributed by atoms with van der Waals surface area (Å²) in [6.07, 6.45) is -4.58. The molecule has 0 radical (unpaired) electrons. The summed E-state index contributed by atoms with van der Waals surface area (Å²) in [5, 5.41) is 0. The highest BCUT2D eigenvalue weighted by atomic mass is 19.4. The summed E-state index contributed by atoms with van der Waals surface area (Å²) in [5.74, 6) is 0.0429. The second kappa shape index (κ2) is 5.23. The highest BCUT2D eigenvalue weighted by Gasteiger charge is 2.33. The van der Waals surface area contributed by atoms with Gasteiger partial charge < -0.3 is 10.5 Å². The van der Waals surface area contributed by atoms with Crippen molar-refractivity contribution in [2.75, 3.05) is 12.8 Å². The number of benzene rings is 1. The normalized spacial score (nSPS) is 11.5. The van der Waals surface area contributed by atoms with Gasteiger partial charge in [0.05, 0.1) is 12.8 Å². The lowest BCUT2D eigenvalue weighted by atomic mass is 10.0. The van der Waals surface area contributed by atoms with Crippen LogP contribution < -0.4 is 10.5 Å². The number of halogens is 3. The van der Waals surface area contributed by atoms with Crippen molar-refractivity contribution in [2.45, 2.75) is 20.0 Å². The molecule has 1 heterocycles. The maximum absolute atomic E-state index is 12.8. The van der Waals surface area contributed by atoms with Crippen LogP contribution in [0.1, 0.15) is 16.8 Å². The van der Waals surface area contributed by atoms with Gasteiger partial charge in [0, 0.05) is 5.56 Å². The molecule has 0 aliphatic rings. The minimum atomic E-state index is -4.58. The molecule has 0 saturated carbocycles. The average Bonchev–Trinajstić information content (AvgIpc) is 2.40. The van der Waals surface area contributed by atoms with Crippen LogP contribution in [0.3, 0.4) is 0 Å². The van der Waals surface area contributed by atoms with Gasteiger partial charge in [-0.25, -0.2) is 9.97 Å². The Morgan fingerprint density at radius 1 is 1.14 bits per heavy atom. The molecule has 2 aromatic rings. The number of aromatic nitrogens is 2. The van der Waals surface area contributed by atoms with Gasteiger partial charge in [-0.3, -0.25) is 0 Å². The standard InChI is InChI=1S/C14H14F3N3O/c1-7-4-5-9(12(21-3)8(7)2)10-6-11(14(15,16)17)20-13(18)19-10/h4-6H,1-3H3,(H2,18,19,20). The van der Waals surface area contributed by atoms with Crippen LogP contribution >= 0.6 is 0 Å². The molecule has 0 saturated heterocycles. The van der Waals surface area contributed by atoms with Gasteiger partial charge in [0.15, 0.2) is 5.69 Å². The maximum Gasteiger partial charge on any atom is 0.433 e. The Balaban J connectivity index is 2.68. The number of hydrogen-bond donors (Lipinski definition) is 1. The van der Waals surface area contributed by atoms with E-state index in [-0.39, 0.29) is 5.69 Å². The number of anilines is 1. The molecule has 0 unspecified atom stereocenters. The quantitative estimate of drug-likeness (QED) is 0.923. The Labute approximate surface area is 119 Å². The number of nitrogen functional groups attached to an aromatic ring is 1. The largest absolute Gasteiger partial charge is 0.496 e. The predicted molar refractivity (Wildman–Crippen MR) is 72.9 cm³/mol. The fourth-order valence-electron chi connectivity index (χ4n) is 2.00. The molecule has 0 aliphatic carbocycles. The third-order valence-corrected chi connectivity index (χ3v) is 3.19. The van der Waals surface area contributed by atoms with Crippen LogP contribution in [-0.2, 0) is 6.18 Å². The third kappa shape index (κ3) is 2.91. The van der Waals surface area contributed by atoms with E-state index >= 15 is 0 Å². The van der Waals surface area contributed by atoms with Crippen molar-refractivity contribution in [3.8, 4) is 17.0 Å². The Kier molecular flexibility index (Phi) is 3.76. The fraction of sp³-hybridized carbons (Fsp3) is 0.286. The summed E-state index contributed by atoms with van der Waals surface area (Å²) in [6, 6.07) is 4.31. The van der Waals surface area contributed by atoms with Gasteiger partial charge in [-0.15, -0.1) is 0 Å². The Hall–Kier alpha value is -2.31. The number of nitrogens with zero attached hydrogens (tertiary/aromatic N) is 2. The lowest BCUT2D eigenvalue weighted by Crippen LogP contribution is -2.11. The minimum absolute atomic E-state index is 0.0785. The molecule has 1 aromatic heterocycles.